The summed E-state index contributed by atoms with van der Waals surface area (Å²) >= 11 is 0. The van der Waals surface area contributed by atoms with Crippen molar-refractivity contribution in [2.24, 2.45) is 0 Å². The number of carbonyl (C=O) groups is 1. The molecule has 1 amide bonds. The van der Waals surface area contributed by atoms with E-state index in [1.165, 1.54) is 36.4 Å². The van der Waals surface area contributed by atoms with Crippen molar-refractivity contribution < 1.29 is 23.6 Å². The molecule has 2 aromatic carbocycles. The lowest BCUT2D eigenvalue weighted by molar-refractivity contribution is -0.385. The number of nitrogens with one attached hydrogen (secondary N) is 1. The number of ether oxygens (including phenoxy) is 2. The average Bonchev–Trinajstić information content (AvgIpc) is 3.01. The Labute approximate surface area is 135 Å². The summed E-state index contributed by atoms with van der Waals surface area (Å²) in [5, 5.41) is 13.5. The van der Waals surface area contributed by atoms with Gasteiger partial charge >= 0.3 is 0 Å². The standard InChI is InChI=1S/C16H11FN2O5/c17-11-3-1-2-4-12(11)18-16(20)6-5-10-7-14-15(24-9-23-14)8-13(10)19(21)22/h1-8H,9H2,(H,18,20)/b6-5+. The van der Waals surface area contributed by atoms with Gasteiger partial charge in [0.25, 0.3) is 5.69 Å². The molecule has 1 heterocycles. The van der Waals surface area contributed by atoms with Crippen LogP contribution in [0, 0.1) is 15.9 Å². The molecule has 0 aromatic heterocycles. The summed E-state index contributed by atoms with van der Waals surface area (Å²) in [7, 11) is 0. The summed E-state index contributed by atoms with van der Waals surface area (Å²) in [6.07, 6.45) is 2.34. The van der Waals surface area contributed by atoms with E-state index >= 15 is 0 Å². The highest BCUT2D eigenvalue weighted by Gasteiger charge is 2.22. The number of nitro benzene ring substituents is 1. The van der Waals surface area contributed by atoms with E-state index in [0.717, 1.165) is 6.08 Å². The van der Waals surface area contributed by atoms with E-state index < -0.39 is 16.6 Å². The number of halogens is 1. The van der Waals surface area contributed by atoms with Crippen LogP contribution in [0.15, 0.2) is 42.5 Å². The quantitative estimate of drug-likeness (QED) is 0.528. The van der Waals surface area contributed by atoms with Crippen LogP contribution in [0.2, 0.25) is 0 Å². The van der Waals surface area contributed by atoms with Gasteiger partial charge in [-0.3, -0.25) is 14.9 Å². The zero-order valence-corrected chi connectivity index (χ0v) is 12.2. The van der Waals surface area contributed by atoms with E-state index in [-0.39, 0.29) is 29.5 Å². The number of nitrogens with zero attached hydrogens (tertiary/aromatic N) is 1. The Balaban J connectivity index is 1.82. The van der Waals surface area contributed by atoms with Crippen LogP contribution in [-0.4, -0.2) is 17.6 Å². The summed E-state index contributed by atoms with van der Waals surface area (Å²) in [5.41, 5.74) is -0.0329. The molecule has 122 valence electrons. The average molecular weight is 330 g/mol. The van der Waals surface area contributed by atoms with E-state index in [4.69, 9.17) is 9.47 Å². The molecule has 1 aliphatic heterocycles. The van der Waals surface area contributed by atoms with Crippen LogP contribution in [0.3, 0.4) is 0 Å². The smallest absolute Gasteiger partial charge is 0.280 e. The molecule has 3 rings (SSSR count). The van der Waals surface area contributed by atoms with Gasteiger partial charge < -0.3 is 14.8 Å². The van der Waals surface area contributed by atoms with Gasteiger partial charge in [-0.1, -0.05) is 12.1 Å². The van der Waals surface area contributed by atoms with Crippen LogP contribution < -0.4 is 14.8 Å². The number of benzene rings is 2. The molecule has 0 radical (unpaired) electrons. The van der Waals surface area contributed by atoms with E-state index in [9.17, 15) is 19.3 Å². The Morgan fingerprint density at radius 3 is 2.67 bits per heavy atom. The second-order valence-electron chi connectivity index (χ2n) is 4.82. The van der Waals surface area contributed by atoms with Crippen molar-refractivity contribution in [3.8, 4) is 11.5 Å². The van der Waals surface area contributed by atoms with E-state index in [1.54, 1.807) is 6.07 Å². The number of amides is 1. The first-order chi connectivity index (χ1) is 11.5. The van der Waals surface area contributed by atoms with Gasteiger partial charge in [0.2, 0.25) is 12.7 Å². The topological polar surface area (TPSA) is 90.7 Å². The fourth-order valence-corrected chi connectivity index (χ4v) is 2.14. The molecule has 24 heavy (non-hydrogen) atoms. The minimum absolute atomic E-state index is 0.0204. The van der Waals surface area contributed by atoms with Gasteiger partial charge in [-0.15, -0.1) is 0 Å². The first-order valence-corrected chi connectivity index (χ1v) is 6.86. The molecular weight excluding hydrogens is 319 g/mol. The van der Waals surface area contributed by atoms with Crippen molar-refractivity contribution in [1.82, 2.24) is 0 Å². The summed E-state index contributed by atoms with van der Waals surface area (Å²) in [6.45, 7) is -0.0204. The van der Waals surface area contributed by atoms with Crippen molar-refractivity contribution >= 4 is 23.4 Å². The maximum absolute atomic E-state index is 13.5. The Bertz CT molecular complexity index is 850. The zero-order chi connectivity index (χ0) is 17.1. The third kappa shape index (κ3) is 3.17. The number of fused-ring (bicyclic) bond motifs is 1. The third-order valence-corrected chi connectivity index (χ3v) is 3.26. The summed E-state index contributed by atoms with van der Waals surface area (Å²) in [5.74, 6) is -0.565. The molecule has 0 aliphatic carbocycles. The number of rotatable bonds is 4. The molecule has 0 fully saturated rings. The zero-order valence-electron chi connectivity index (χ0n) is 12.2. The Hall–Kier alpha value is -3.42. The Morgan fingerprint density at radius 1 is 1.25 bits per heavy atom. The van der Waals surface area contributed by atoms with E-state index in [2.05, 4.69) is 5.32 Å². The van der Waals surface area contributed by atoms with Crippen LogP contribution in [0.25, 0.3) is 6.08 Å². The van der Waals surface area contributed by atoms with Crippen LogP contribution in [0.5, 0.6) is 11.5 Å². The second kappa shape index (κ2) is 6.37. The molecule has 0 unspecified atom stereocenters. The molecular formula is C16H11FN2O5. The largest absolute Gasteiger partial charge is 0.454 e. The number of para-hydroxylation sites is 1. The predicted molar refractivity (Wildman–Crippen MR) is 83.3 cm³/mol. The number of anilines is 1. The van der Waals surface area contributed by atoms with Crippen molar-refractivity contribution in [3.05, 3.63) is 64.0 Å². The van der Waals surface area contributed by atoms with Crippen molar-refractivity contribution in [2.45, 2.75) is 0 Å². The SMILES string of the molecule is O=C(/C=C/c1cc2c(cc1[N+](=O)[O-])OCO2)Nc1ccccc1F. The normalized spacial score (nSPS) is 12.4. The first kappa shape index (κ1) is 15.5. The maximum Gasteiger partial charge on any atom is 0.280 e. The monoisotopic (exact) mass is 330 g/mol. The van der Waals surface area contributed by atoms with Crippen LogP contribution >= 0.6 is 0 Å². The maximum atomic E-state index is 13.5. The molecule has 0 atom stereocenters. The molecule has 1 N–H and O–H groups in total. The Morgan fingerprint density at radius 2 is 1.96 bits per heavy atom. The fraction of sp³-hybridized carbons (Fsp3) is 0.0625. The molecule has 2 aromatic rings. The molecule has 0 spiro atoms. The highest BCUT2D eigenvalue weighted by Crippen LogP contribution is 2.38. The lowest BCUT2D eigenvalue weighted by Gasteiger charge is -2.03. The lowest BCUT2D eigenvalue weighted by atomic mass is 10.1. The highest BCUT2D eigenvalue weighted by molar-refractivity contribution is 6.02. The third-order valence-electron chi connectivity index (χ3n) is 3.26. The van der Waals surface area contributed by atoms with Crippen LogP contribution in [-0.2, 0) is 4.79 Å². The van der Waals surface area contributed by atoms with Gasteiger partial charge in [-0.2, -0.15) is 0 Å². The van der Waals surface area contributed by atoms with Gasteiger partial charge in [0, 0.05) is 6.08 Å². The van der Waals surface area contributed by atoms with Crippen LogP contribution in [0.1, 0.15) is 5.56 Å². The molecule has 7 nitrogen and oxygen atoms in total. The van der Waals surface area contributed by atoms with Crippen molar-refractivity contribution in [1.29, 1.82) is 0 Å². The number of hydrogen-bond acceptors (Lipinski definition) is 5. The summed E-state index contributed by atoms with van der Waals surface area (Å²) in [6, 6.07) is 8.33. The van der Waals surface area contributed by atoms with Crippen LogP contribution in [0.4, 0.5) is 15.8 Å². The second-order valence-corrected chi connectivity index (χ2v) is 4.82. The number of carbonyl (C=O) groups excluding carboxylic acids is 1. The first-order valence-electron chi connectivity index (χ1n) is 6.86. The lowest BCUT2D eigenvalue weighted by Crippen LogP contribution is -2.09. The molecule has 8 heteroatoms. The molecule has 1 aliphatic rings. The number of nitro groups is 1. The van der Waals surface area contributed by atoms with Crippen molar-refractivity contribution in [2.75, 3.05) is 12.1 Å². The molecule has 0 saturated heterocycles. The molecule has 0 bridgehead atoms. The molecule has 0 saturated carbocycles. The van der Waals surface area contributed by atoms with Gasteiger partial charge in [0.1, 0.15) is 5.82 Å². The number of hydrogen-bond donors (Lipinski definition) is 1. The van der Waals surface area contributed by atoms with Crippen molar-refractivity contribution in [3.63, 3.8) is 0 Å². The fourth-order valence-electron chi connectivity index (χ4n) is 2.14. The van der Waals surface area contributed by atoms with Gasteiger partial charge in [0.15, 0.2) is 11.5 Å². The van der Waals surface area contributed by atoms with Gasteiger partial charge in [-0.25, -0.2) is 4.39 Å². The highest BCUT2D eigenvalue weighted by atomic mass is 19.1. The summed E-state index contributed by atoms with van der Waals surface area (Å²) < 4.78 is 23.7. The predicted octanol–water partition coefficient (Wildman–Crippen LogP) is 3.11. The van der Waals surface area contributed by atoms with E-state index in [1.807, 2.05) is 0 Å². The minimum Gasteiger partial charge on any atom is -0.454 e. The van der Waals surface area contributed by atoms with Gasteiger partial charge in [-0.05, 0) is 24.3 Å². The summed E-state index contributed by atoms with van der Waals surface area (Å²) in [4.78, 5) is 22.4. The van der Waals surface area contributed by atoms with E-state index in [0.29, 0.717) is 5.75 Å². The Kier molecular flexibility index (Phi) is 4.11. The van der Waals surface area contributed by atoms with Gasteiger partial charge in [0.05, 0.1) is 22.2 Å². The minimum atomic E-state index is -0.618.